The van der Waals surface area contributed by atoms with Gasteiger partial charge in [0.2, 0.25) is 0 Å². The molecule has 0 radical (unpaired) electrons. The largest absolute Gasteiger partial charge is 0.325 e. The van der Waals surface area contributed by atoms with Crippen molar-refractivity contribution in [2.45, 2.75) is 44.2 Å². The highest BCUT2D eigenvalue weighted by Crippen LogP contribution is 2.29. The van der Waals surface area contributed by atoms with Crippen LogP contribution in [0.5, 0.6) is 0 Å². The van der Waals surface area contributed by atoms with Crippen molar-refractivity contribution in [2.75, 3.05) is 6.54 Å². The highest BCUT2D eigenvalue weighted by molar-refractivity contribution is 7.09. The van der Waals surface area contributed by atoms with Crippen molar-refractivity contribution in [3.63, 3.8) is 0 Å². The molecule has 0 saturated heterocycles. The zero-order chi connectivity index (χ0) is 10.6. The van der Waals surface area contributed by atoms with Gasteiger partial charge in [-0.1, -0.05) is 18.9 Å². The number of hydrogen-bond donors (Lipinski definition) is 2. The fourth-order valence-electron chi connectivity index (χ4n) is 2.29. The minimum absolute atomic E-state index is 0.141. The van der Waals surface area contributed by atoms with E-state index in [2.05, 4.69) is 22.8 Å². The summed E-state index contributed by atoms with van der Waals surface area (Å²) in [6, 6.07) is 4.27. The number of hydrogen-bond acceptors (Lipinski definition) is 3. The van der Waals surface area contributed by atoms with Gasteiger partial charge >= 0.3 is 0 Å². The number of nitrogens with two attached hydrogens (primary N) is 1. The van der Waals surface area contributed by atoms with Crippen LogP contribution in [-0.4, -0.2) is 12.1 Å². The van der Waals surface area contributed by atoms with Gasteiger partial charge in [0.25, 0.3) is 0 Å². The maximum Gasteiger partial charge on any atom is 0.0299 e. The molecule has 0 spiro atoms. The molecule has 2 rings (SSSR count). The Bertz CT molecular complexity index is 276. The Balaban J connectivity index is 1.62. The number of thiophene rings is 1. The fraction of sp³-hybridized carbons (Fsp3) is 0.667. The van der Waals surface area contributed by atoms with Crippen LogP contribution in [-0.2, 0) is 6.54 Å². The van der Waals surface area contributed by atoms with E-state index in [-0.39, 0.29) is 5.54 Å². The third kappa shape index (κ3) is 3.30. The minimum atomic E-state index is 0.141. The summed E-state index contributed by atoms with van der Waals surface area (Å²) < 4.78 is 0. The molecule has 3 N–H and O–H groups in total. The molecule has 3 heteroatoms. The Labute approximate surface area is 95.9 Å². The maximum atomic E-state index is 6.28. The van der Waals surface area contributed by atoms with Gasteiger partial charge in [0, 0.05) is 17.0 Å². The summed E-state index contributed by atoms with van der Waals surface area (Å²) in [5.41, 5.74) is 6.42. The number of rotatable bonds is 5. The first-order valence-electron chi connectivity index (χ1n) is 5.81. The molecular weight excluding hydrogens is 204 g/mol. The SMILES string of the molecule is NC1(CCNCc2cccs2)CCCC1. The first kappa shape index (κ1) is 11.1. The molecule has 1 fully saturated rings. The van der Waals surface area contributed by atoms with E-state index < -0.39 is 0 Å². The summed E-state index contributed by atoms with van der Waals surface area (Å²) in [6.45, 7) is 2.04. The van der Waals surface area contributed by atoms with E-state index in [0.29, 0.717) is 0 Å². The lowest BCUT2D eigenvalue weighted by molar-refractivity contribution is 0.394. The molecule has 2 nitrogen and oxygen atoms in total. The molecule has 1 aromatic heterocycles. The Hall–Kier alpha value is -0.380. The zero-order valence-corrected chi connectivity index (χ0v) is 9.98. The van der Waals surface area contributed by atoms with Crippen LogP contribution in [0.3, 0.4) is 0 Å². The van der Waals surface area contributed by atoms with Crippen LogP contribution in [0, 0.1) is 0 Å². The molecule has 1 saturated carbocycles. The molecule has 0 unspecified atom stereocenters. The van der Waals surface area contributed by atoms with Crippen LogP contribution >= 0.6 is 11.3 Å². The van der Waals surface area contributed by atoms with Gasteiger partial charge in [-0.05, 0) is 37.3 Å². The summed E-state index contributed by atoms with van der Waals surface area (Å²) in [5.74, 6) is 0. The molecule has 1 aliphatic rings. The van der Waals surface area contributed by atoms with E-state index in [1.54, 1.807) is 0 Å². The van der Waals surface area contributed by atoms with Crippen LogP contribution in [0.2, 0.25) is 0 Å². The summed E-state index contributed by atoms with van der Waals surface area (Å²) in [6.07, 6.45) is 6.20. The third-order valence-electron chi connectivity index (χ3n) is 3.28. The average Bonchev–Trinajstić information content (AvgIpc) is 2.84. The summed E-state index contributed by atoms with van der Waals surface area (Å²) in [7, 11) is 0. The summed E-state index contributed by atoms with van der Waals surface area (Å²) in [5, 5.41) is 5.59. The van der Waals surface area contributed by atoms with Gasteiger partial charge < -0.3 is 11.1 Å². The second kappa shape index (κ2) is 5.10. The topological polar surface area (TPSA) is 38.0 Å². The van der Waals surface area contributed by atoms with E-state index in [1.807, 2.05) is 11.3 Å². The highest BCUT2D eigenvalue weighted by atomic mass is 32.1. The third-order valence-corrected chi connectivity index (χ3v) is 4.15. The van der Waals surface area contributed by atoms with Gasteiger partial charge in [0.05, 0.1) is 0 Å². The van der Waals surface area contributed by atoms with E-state index in [9.17, 15) is 0 Å². The minimum Gasteiger partial charge on any atom is -0.325 e. The molecule has 1 aliphatic carbocycles. The van der Waals surface area contributed by atoms with Crippen LogP contribution in [0.25, 0.3) is 0 Å². The van der Waals surface area contributed by atoms with Gasteiger partial charge in [0.15, 0.2) is 0 Å². The van der Waals surface area contributed by atoms with Crippen LogP contribution in [0.15, 0.2) is 17.5 Å². The molecule has 0 atom stereocenters. The standard InChI is InChI=1S/C12H20N2S/c13-12(5-1-2-6-12)7-8-14-10-11-4-3-9-15-11/h3-4,9,14H,1-2,5-8,10,13H2. The lowest BCUT2D eigenvalue weighted by atomic mass is 9.95. The second-order valence-corrected chi connectivity index (χ2v) is 5.61. The van der Waals surface area contributed by atoms with Gasteiger partial charge in [-0.15, -0.1) is 11.3 Å². The van der Waals surface area contributed by atoms with E-state index in [4.69, 9.17) is 5.73 Å². The van der Waals surface area contributed by atoms with Crippen molar-refractivity contribution in [3.8, 4) is 0 Å². The normalized spacial score (nSPS) is 19.5. The van der Waals surface area contributed by atoms with Crippen LogP contribution in [0.1, 0.15) is 37.0 Å². The van der Waals surface area contributed by atoms with Crippen molar-refractivity contribution in [2.24, 2.45) is 5.73 Å². The molecular formula is C12H20N2S. The monoisotopic (exact) mass is 224 g/mol. The average molecular weight is 224 g/mol. The van der Waals surface area contributed by atoms with Gasteiger partial charge in [0.1, 0.15) is 0 Å². The van der Waals surface area contributed by atoms with Crippen molar-refractivity contribution in [1.29, 1.82) is 0 Å². The predicted molar refractivity (Wildman–Crippen MR) is 66.0 cm³/mol. The first-order valence-corrected chi connectivity index (χ1v) is 6.68. The quantitative estimate of drug-likeness (QED) is 0.754. The van der Waals surface area contributed by atoms with Crippen LogP contribution in [0.4, 0.5) is 0 Å². The van der Waals surface area contributed by atoms with Crippen molar-refractivity contribution >= 4 is 11.3 Å². The van der Waals surface area contributed by atoms with Crippen molar-refractivity contribution in [1.82, 2.24) is 5.32 Å². The Morgan fingerprint density at radius 1 is 1.40 bits per heavy atom. The van der Waals surface area contributed by atoms with Gasteiger partial charge in [-0.25, -0.2) is 0 Å². The van der Waals surface area contributed by atoms with Gasteiger partial charge in [-0.3, -0.25) is 0 Å². The Kier molecular flexibility index (Phi) is 3.78. The zero-order valence-electron chi connectivity index (χ0n) is 9.17. The fourth-order valence-corrected chi connectivity index (χ4v) is 2.97. The van der Waals surface area contributed by atoms with E-state index in [1.165, 1.54) is 30.6 Å². The second-order valence-electron chi connectivity index (χ2n) is 4.58. The Morgan fingerprint density at radius 2 is 2.20 bits per heavy atom. The molecule has 0 aliphatic heterocycles. The maximum absolute atomic E-state index is 6.28. The summed E-state index contributed by atoms with van der Waals surface area (Å²) >= 11 is 1.81. The van der Waals surface area contributed by atoms with Crippen LogP contribution < -0.4 is 11.1 Å². The predicted octanol–water partition coefficient (Wildman–Crippen LogP) is 2.50. The molecule has 1 heterocycles. The highest BCUT2D eigenvalue weighted by Gasteiger charge is 2.28. The molecule has 1 aromatic rings. The molecule has 0 aromatic carbocycles. The van der Waals surface area contributed by atoms with Gasteiger partial charge in [-0.2, -0.15) is 0 Å². The number of nitrogens with one attached hydrogen (secondary N) is 1. The van der Waals surface area contributed by atoms with Crippen molar-refractivity contribution in [3.05, 3.63) is 22.4 Å². The lowest BCUT2D eigenvalue weighted by Crippen LogP contribution is -2.39. The first-order chi connectivity index (χ1) is 7.29. The van der Waals surface area contributed by atoms with E-state index in [0.717, 1.165) is 19.5 Å². The molecule has 84 valence electrons. The van der Waals surface area contributed by atoms with E-state index >= 15 is 0 Å². The van der Waals surface area contributed by atoms with Crippen molar-refractivity contribution < 1.29 is 0 Å². The molecule has 0 amide bonds. The smallest absolute Gasteiger partial charge is 0.0299 e. The Morgan fingerprint density at radius 3 is 2.87 bits per heavy atom. The summed E-state index contributed by atoms with van der Waals surface area (Å²) in [4.78, 5) is 1.41. The lowest BCUT2D eigenvalue weighted by Gasteiger charge is -2.23. The molecule has 0 bridgehead atoms. The molecule has 15 heavy (non-hydrogen) atoms.